The van der Waals surface area contributed by atoms with E-state index < -0.39 is 0 Å². The van der Waals surface area contributed by atoms with Gasteiger partial charge in [0.15, 0.2) is 0 Å². The molecule has 3 rings (SSSR count). The van der Waals surface area contributed by atoms with Gasteiger partial charge in [-0.3, -0.25) is 4.79 Å². The SMILES string of the molecule is C[C@@H]1[C@H](C)CCC[C@H]1NCC(=O)Nc1ccc(N2CCOCC2)cc1. The number of benzene rings is 1. The molecule has 1 amide bonds. The first kappa shape index (κ1) is 18.2. The molecule has 1 saturated carbocycles. The van der Waals surface area contributed by atoms with Crippen LogP contribution in [0, 0.1) is 11.8 Å². The molecule has 1 heterocycles. The van der Waals surface area contributed by atoms with Crippen LogP contribution in [-0.2, 0) is 9.53 Å². The van der Waals surface area contributed by atoms with Crippen molar-refractivity contribution in [2.75, 3.05) is 43.1 Å². The second-order valence-corrected chi connectivity index (χ2v) is 7.45. The average molecular weight is 345 g/mol. The molecule has 0 bridgehead atoms. The number of morpholine rings is 1. The summed E-state index contributed by atoms with van der Waals surface area (Å²) in [6.45, 7) is 8.40. The molecule has 0 unspecified atom stereocenters. The second-order valence-electron chi connectivity index (χ2n) is 7.45. The van der Waals surface area contributed by atoms with Crippen molar-refractivity contribution >= 4 is 17.3 Å². The Morgan fingerprint density at radius 3 is 2.60 bits per heavy atom. The largest absolute Gasteiger partial charge is 0.378 e. The molecule has 5 heteroatoms. The minimum atomic E-state index is 0.0320. The molecule has 3 atom stereocenters. The third kappa shape index (κ3) is 4.95. The molecule has 2 aliphatic rings. The molecule has 138 valence electrons. The Balaban J connectivity index is 1.46. The number of nitrogens with zero attached hydrogens (tertiary/aromatic N) is 1. The van der Waals surface area contributed by atoms with Crippen molar-refractivity contribution in [1.82, 2.24) is 5.32 Å². The monoisotopic (exact) mass is 345 g/mol. The number of nitrogens with one attached hydrogen (secondary N) is 2. The summed E-state index contributed by atoms with van der Waals surface area (Å²) >= 11 is 0. The molecule has 1 aliphatic heterocycles. The molecule has 1 aromatic carbocycles. The Morgan fingerprint density at radius 2 is 1.88 bits per heavy atom. The van der Waals surface area contributed by atoms with Gasteiger partial charge in [-0.2, -0.15) is 0 Å². The molecule has 1 aliphatic carbocycles. The number of rotatable bonds is 5. The molecule has 2 N–H and O–H groups in total. The number of hydrogen-bond donors (Lipinski definition) is 2. The van der Waals surface area contributed by atoms with Gasteiger partial charge >= 0.3 is 0 Å². The van der Waals surface area contributed by atoms with Gasteiger partial charge in [-0.25, -0.2) is 0 Å². The molecule has 5 nitrogen and oxygen atoms in total. The molecule has 1 saturated heterocycles. The van der Waals surface area contributed by atoms with E-state index in [1.165, 1.54) is 24.9 Å². The van der Waals surface area contributed by atoms with Crippen LogP contribution < -0.4 is 15.5 Å². The lowest BCUT2D eigenvalue weighted by atomic mass is 9.78. The standard InChI is InChI=1S/C20H31N3O2/c1-15-4-3-5-19(16(15)2)21-14-20(24)22-17-6-8-18(9-7-17)23-10-12-25-13-11-23/h6-9,15-16,19,21H,3-5,10-14H2,1-2H3,(H,22,24)/t15-,16-,19-/m1/s1. The van der Waals surface area contributed by atoms with Gasteiger partial charge in [0.1, 0.15) is 0 Å². The quantitative estimate of drug-likeness (QED) is 0.862. The highest BCUT2D eigenvalue weighted by atomic mass is 16.5. The predicted molar refractivity (Wildman–Crippen MR) is 102 cm³/mol. The van der Waals surface area contributed by atoms with Crippen LogP contribution in [0.2, 0.25) is 0 Å². The fourth-order valence-corrected chi connectivity index (χ4v) is 3.88. The van der Waals surface area contributed by atoms with Crippen LogP contribution in [0.15, 0.2) is 24.3 Å². The third-order valence-electron chi connectivity index (χ3n) is 5.76. The van der Waals surface area contributed by atoms with E-state index in [1.807, 2.05) is 12.1 Å². The molecule has 25 heavy (non-hydrogen) atoms. The number of carbonyl (C=O) groups excluding carboxylic acids is 1. The number of amides is 1. The number of anilines is 2. The smallest absolute Gasteiger partial charge is 0.238 e. The van der Waals surface area contributed by atoms with E-state index in [2.05, 4.69) is 41.5 Å². The predicted octanol–water partition coefficient (Wildman–Crippen LogP) is 2.88. The highest BCUT2D eigenvalue weighted by Gasteiger charge is 2.26. The zero-order valence-corrected chi connectivity index (χ0v) is 15.5. The summed E-state index contributed by atoms with van der Waals surface area (Å²) in [5.74, 6) is 1.40. The fraction of sp³-hybridized carbons (Fsp3) is 0.650. The maximum atomic E-state index is 12.2. The van der Waals surface area contributed by atoms with Gasteiger partial charge in [0.05, 0.1) is 19.8 Å². The Morgan fingerprint density at radius 1 is 1.16 bits per heavy atom. The van der Waals surface area contributed by atoms with Crippen molar-refractivity contribution < 1.29 is 9.53 Å². The first-order valence-corrected chi connectivity index (χ1v) is 9.59. The Kier molecular flexibility index (Phi) is 6.32. The van der Waals surface area contributed by atoms with Gasteiger partial charge in [0.25, 0.3) is 0 Å². The minimum absolute atomic E-state index is 0.0320. The fourth-order valence-electron chi connectivity index (χ4n) is 3.88. The van der Waals surface area contributed by atoms with E-state index in [0.29, 0.717) is 18.5 Å². The van der Waals surface area contributed by atoms with E-state index in [4.69, 9.17) is 4.74 Å². The minimum Gasteiger partial charge on any atom is -0.378 e. The Hall–Kier alpha value is -1.59. The summed E-state index contributed by atoms with van der Waals surface area (Å²) < 4.78 is 5.38. The summed E-state index contributed by atoms with van der Waals surface area (Å²) in [5, 5.41) is 6.44. The Labute approximate surface area is 151 Å². The third-order valence-corrected chi connectivity index (χ3v) is 5.76. The molecule has 1 aromatic rings. The van der Waals surface area contributed by atoms with Crippen molar-refractivity contribution in [2.45, 2.75) is 39.2 Å². The van der Waals surface area contributed by atoms with Crippen LogP contribution in [0.25, 0.3) is 0 Å². The van der Waals surface area contributed by atoms with Crippen LogP contribution in [0.1, 0.15) is 33.1 Å². The van der Waals surface area contributed by atoms with Crippen LogP contribution in [0.3, 0.4) is 0 Å². The van der Waals surface area contributed by atoms with Crippen molar-refractivity contribution in [3.05, 3.63) is 24.3 Å². The van der Waals surface area contributed by atoms with E-state index in [9.17, 15) is 4.79 Å². The molecular formula is C20H31N3O2. The summed E-state index contributed by atoms with van der Waals surface area (Å²) in [5.41, 5.74) is 2.04. The van der Waals surface area contributed by atoms with E-state index >= 15 is 0 Å². The zero-order chi connectivity index (χ0) is 17.6. The number of ether oxygens (including phenoxy) is 1. The first-order chi connectivity index (χ1) is 12.1. The zero-order valence-electron chi connectivity index (χ0n) is 15.5. The molecule has 0 aromatic heterocycles. The van der Waals surface area contributed by atoms with Crippen molar-refractivity contribution in [2.24, 2.45) is 11.8 Å². The number of carbonyl (C=O) groups is 1. The molecule has 0 radical (unpaired) electrons. The highest BCUT2D eigenvalue weighted by molar-refractivity contribution is 5.92. The van der Waals surface area contributed by atoms with Crippen molar-refractivity contribution in [3.63, 3.8) is 0 Å². The van der Waals surface area contributed by atoms with Crippen LogP contribution in [0.5, 0.6) is 0 Å². The van der Waals surface area contributed by atoms with Crippen LogP contribution in [0.4, 0.5) is 11.4 Å². The van der Waals surface area contributed by atoms with Gasteiger partial charge in [-0.1, -0.05) is 26.7 Å². The lowest BCUT2D eigenvalue weighted by molar-refractivity contribution is -0.115. The van der Waals surface area contributed by atoms with Gasteiger partial charge in [0, 0.05) is 30.5 Å². The number of hydrogen-bond acceptors (Lipinski definition) is 4. The van der Waals surface area contributed by atoms with E-state index in [1.54, 1.807) is 0 Å². The van der Waals surface area contributed by atoms with E-state index in [-0.39, 0.29) is 5.91 Å². The van der Waals surface area contributed by atoms with Crippen molar-refractivity contribution in [3.8, 4) is 0 Å². The lowest BCUT2D eigenvalue weighted by Crippen LogP contribution is -2.43. The summed E-state index contributed by atoms with van der Waals surface area (Å²) in [7, 11) is 0. The van der Waals surface area contributed by atoms with Crippen molar-refractivity contribution in [1.29, 1.82) is 0 Å². The summed E-state index contributed by atoms with van der Waals surface area (Å²) in [4.78, 5) is 14.5. The van der Waals surface area contributed by atoms with Crippen LogP contribution >= 0.6 is 0 Å². The molecular weight excluding hydrogens is 314 g/mol. The normalized spacial score (nSPS) is 27.1. The maximum absolute atomic E-state index is 12.2. The van der Waals surface area contributed by atoms with Gasteiger partial charge < -0.3 is 20.3 Å². The van der Waals surface area contributed by atoms with E-state index in [0.717, 1.165) is 37.9 Å². The first-order valence-electron chi connectivity index (χ1n) is 9.59. The Bertz CT molecular complexity index is 555. The summed E-state index contributed by atoms with van der Waals surface area (Å²) in [6, 6.07) is 8.55. The molecule has 2 fully saturated rings. The maximum Gasteiger partial charge on any atom is 0.238 e. The van der Waals surface area contributed by atoms with Gasteiger partial charge in [0.2, 0.25) is 5.91 Å². The average Bonchev–Trinajstić information content (AvgIpc) is 2.64. The molecule has 0 spiro atoms. The van der Waals surface area contributed by atoms with Gasteiger partial charge in [-0.05, 0) is 42.5 Å². The lowest BCUT2D eigenvalue weighted by Gasteiger charge is -2.34. The second kappa shape index (κ2) is 8.68. The topological polar surface area (TPSA) is 53.6 Å². The van der Waals surface area contributed by atoms with Crippen LogP contribution in [-0.4, -0.2) is 44.8 Å². The van der Waals surface area contributed by atoms with Gasteiger partial charge in [-0.15, -0.1) is 0 Å². The summed E-state index contributed by atoms with van der Waals surface area (Å²) in [6.07, 6.45) is 3.74. The highest BCUT2D eigenvalue weighted by Crippen LogP contribution is 2.29.